The number of allylic oxidation sites excluding steroid dienone is 1. The van der Waals surface area contributed by atoms with Crippen LogP contribution in [0.15, 0.2) is 60.7 Å². The second-order valence-corrected chi connectivity index (χ2v) is 22.2. The Labute approximate surface area is 400 Å². The van der Waals surface area contributed by atoms with Crippen molar-refractivity contribution < 1.29 is 59.7 Å². The summed E-state index contributed by atoms with van der Waals surface area (Å²) in [6, 6.07) is 12.4. The van der Waals surface area contributed by atoms with Crippen molar-refractivity contribution in [2.45, 2.75) is 120 Å². The third kappa shape index (κ3) is 10.5. The number of ether oxygens (including phenoxy) is 4. The predicted octanol–water partition coefficient (Wildman–Crippen LogP) is 6.42. The molecule has 4 heterocycles. The van der Waals surface area contributed by atoms with Gasteiger partial charge in [-0.05, 0) is 113 Å². The molecular formula is C49H61F3N6O10S. The number of anilines is 1. The van der Waals surface area contributed by atoms with Gasteiger partial charge in [0.15, 0.2) is 0 Å². The van der Waals surface area contributed by atoms with Gasteiger partial charge < -0.3 is 39.4 Å². The first-order chi connectivity index (χ1) is 32.5. The predicted molar refractivity (Wildman–Crippen MR) is 250 cm³/mol. The minimum absolute atomic E-state index is 0.0581. The van der Waals surface area contributed by atoms with Crippen LogP contribution in [0, 0.1) is 17.8 Å². The van der Waals surface area contributed by atoms with Crippen LogP contribution in [0.1, 0.15) is 79.6 Å². The lowest BCUT2D eigenvalue weighted by molar-refractivity contribution is -0.244. The third-order valence-corrected chi connectivity index (χ3v) is 16.5. The standard InChI is InChI=1S/C49H61F3N6O10S/c1-29-9-7-8-10-33-27-48(33,44(61)56-69(63,64)47(5)17-18-47)55-41(59)39-26-36(28-58(39)43(60)40(30(2)23-29)54-45(62)68-46(3,4)49(50,51)52)67-42-37-16-15-35(65-6)24-32(37)25-38(53-42)31-11-13-34(14-12-31)57-19-21-66-22-20-57/h8,10-16,24-25,29-30,33,36,39-40H,7,9,17-23,26-28H2,1-6H3,(H,54,62)(H,55,59)(H,56,61)/b10-8-/t29-,30-,33-,36-,39+,40+,48-/m1/s1. The highest BCUT2D eigenvalue weighted by Gasteiger charge is 2.63. The topological polar surface area (TPSA) is 195 Å². The van der Waals surface area contributed by atoms with Gasteiger partial charge in [0.2, 0.25) is 33.3 Å². The van der Waals surface area contributed by atoms with Gasteiger partial charge in [-0.25, -0.2) is 18.2 Å². The first-order valence-corrected chi connectivity index (χ1v) is 25.0. The summed E-state index contributed by atoms with van der Waals surface area (Å²) in [4.78, 5) is 65.8. The van der Waals surface area contributed by atoms with Crippen molar-refractivity contribution in [1.82, 2.24) is 25.2 Å². The van der Waals surface area contributed by atoms with E-state index in [1.165, 1.54) is 4.90 Å². The number of benzene rings is 2. The molecule has 8 rings (SSSR count). The Morgan fingerprint density at radius 2 is 1.71 bits per heavy atom. The van der Waals surface area contributed by atoms with E-state index in [1.54, 1.807) is 39.2 Å². The number of amides is 4. The molecule has 0 spiro atoms. The number of pyridine rings is 1. The number of carbonyl (C=O) groups is 4. The van der Waals surface area contributed by atoms with Gasteiger partial charge in [0.1, 0.15) is 29.5 Å². The Morgan fingerprint density at radius 3 is 2.38 bits per heavy atom. The number of nitrogens with one attached hydrogen (secondary N) is 3. The van der Waals surface area contributed by atoms with Crippen LogP contribution in [0.2, 0.25) is 0 Å². The maximum absolute atomic E-state index is 15.1. The van der Waals surface area contributed by atoms with Crippen molar-refractivity contribution in [3.63, 3.8) is 0 Å². The average molecular weight is 983 g/mol. The average Bonchev–Trinajstić information content (AvgIpc) is 4.19. The lowest BCUT2D eigenvalue weighted by Crippen LogP contribution is -2.59. The fraction of sp³-hybridized carbons (Fsp3) is 0.571. The highest BCUT2D eigenvalue weighted by atomic mass is 32.2. The molecule has 5 aliphatic rings. The van der Waals surface area contributed by atoms with Gasteiger partial charge in [-0.15, -0.1) is 0 Å². The van der Waals surface area contributed by atoms with Gasteiger partial charge in [0.05, 0.1) is 37.3 Å². The van der Waals surface area contributed by atoms with Gasteiger partial charge in [-0.3, -0.25) is 19.1 Å². The van der Waals surface area contributed by atoms with Crippen LogP contribution < -0.4 is 29.7 Å². The summed E-state index contributed by atoms with van der Waals surface area (Å²) in [6.45, 7) is 9.11. The summed E-state index contributed by atoms with van der Waals surface area (Å²) in [5.74, 6) is -3.02. The molecule has 0 unspecified atom stereocenters. The second kappa shape index (κ2) is 18.9. The molecule has 2 aromatic carbocycles. The molecule has 374 valence electrons. The fourth-order valence-corrected chi connectivity index (χ4v) is 10.7. The largest absolute Gasteiger partial charge is 0.497 e. The number of halogens is 3. The highest BCUT2D eigenvalue weighted by molar-refractivity contribution is 7.91. The molecule has 16 nitrogen and oxygen atoms in total. The Kier molecular flexibility index (Phi) is 13.7. The van der Waals surface area contributed by atoms with Crippen molar-refractivity contribution >= 4 is 50.3 Å². The molecule has 0 bridgehead atoms. The summed E-state index contributed by atoms with van der Waals surface area (Å²) in [5.41, 5.74) is -2.21. The zero-order valence-electron chi connectivity index (χ0n) is 39.7. The molecule has 69 heavy (non-hydrogen) atoms. The van der Waals surface area contributed by atoms with Crippen molar-refractivity contribution in [2.75, 3.05) is 44.9 Å². The van der Waals surface area contributed by atoms with Crippen LogP contribution in [0.5, 0.6) is 11.6 Å². The fourth-order valence-electron chi connectivity index (χ4n) is 9.43. The lowest BCUT2D eigenvalue weighted by Gasteiger charge is -2.34. The molecule has 2 saturated carbocycles. The van der Waals surface area contributed by atoms with E-state index in [1.807, 2.05) is 49.4 Å². The number of nitrogens with zero attached hydrogens (tertiary/aromatic N) is 3. The van der Waals surface area contributed by atoms with Crippen LogP contribution >= 0.6 is 0 Å². The maximum Gasteiger partial charge on any atom is 0.427 e. The number of sulfonamides is 1. The number of fused-ring (bicyclic) bond motifs is 3. The van der Waals surface area contributed by atoms with Crippen LogP contribution in [-0.4, -0.2) is 122 Å². The summed E-state index contributed by atoms with van der Waals surface area (Å²) in [7, 11) is -2.56. The Balaban J connectivity index is 1.15. The van der Waals surface area contributed by atoms with Crippen molar-refractivity contribution in [3.8, 4) is 22.9 Å². The van der Waals surface area contributed by atoms with E-state index < -0.39 is 85.9 Å². The van der Waals surface area contributed by atoms with E-state index in [-0.39, 0.29) is 31.2 Å². The molecule has 7 atom stereocenters. The smallest absolute Gasteiger partial charge is 0.427 e. The SMILES string of the molecule is COc1ccc2c(O[C@@H]3C[C@H]4C(=O)N[C@]5(C(=O)NS(=O)(=O)C6(C)CC6)C[C@H]5/C=C\CC[C@@H](C)C[C@@H](C)[C@H](NC(=O)OC(C)(C)C(F)(F)F)C(=O)N4C3)nc(-c3ccc(N4CCOCC4)cc3)cc2c1. The molecule has 0 radical (unpaired) electrons. The third-order valence-electron chi connectivity index (χ3n) is 14.4. The lowest BCUT2D eigenvalue weighted by atomic mass is 9.88. The summed E-state index contributed by atoms with van der Waals surface area (Å²) in [6.07, 6.45) is -1.52. The van der Waals surface area contributed by atoms with E-state index in [4.69, 9.17) is 23.9 Å². The molecule has 20 heteroatoms. The highest BCUT2D eigenvalue weighted by Crippen LogP contribution is 2.48. The van der Waals surface area contributed by atoms with Crippen LogP contribution in [0.25, 0.3) is 22.0 Å². The van der Waals surface area contributed by atoms with Crippen LogP contribution in [-0.2, 0) is 33.9 Å². The molecule has 1 aromatic heterocycles. The van der Waals surface area contributed by atoms with Gasteiger partial charge >= 0.3 is 12.3 Å². The first-order valence-electron chi connectivity index (χ1n) is 23.5. The van der Waals surface area contributed by atoms with Gasteiger partial charge in [0.25, 0.3) is 5.91 Å². The Morgan fingerprint density at radius 1 is 1.00 bits per heavy atom. The van der Waals surface area contributed by atoms with Gasteiger partial charge in [-0.1, -0.05) is 38.1 Å². The monoisotopic (exact) mass is 982 g/mol. The Hall–Kier alpha value is -5.63. The molecule has 3 aromatic rings. The van der Waals surface area contributed by atoms with Crippen molar-refractivity contribution in [1.29, 1.82) is 0 Å². The molecule has 4 amide bonds. The first kappa shape index (κ1) is 49.8. The van der Waals surface area contributed by atoms with Crippen LogP contribution in [0.4, 0.5) is 23.7 Å². The molecular weight excluding hydrogens is 922 g/mol. The number of rotatable bonds is 10. The number of hydrogen-bond donors (Lipinski definition) is 3. The number of aromatic nitrogens is 1. The number of carbonyl (C=O) groups excluding carboxylic acids is 4. The van der Waals surface area contributed by atoms with E-state index in [9.17, 15) is 36.0 Å². The molecule has 3 N–H and O–H groups in total. The number of hydrogen-bond acceptors (Lipinski definition) is 12. The quantitative estimate of drug-likeness (QED) is 0.189. The van der Waals surface area contributed by atoms with Crippen molar-refractivity contribution in [3.05, 3.63) is 60.7 Å². The second-order valence-electron chi connectivity index (χ2n) is 20.0. The van der Waals surface area contributed by atoms with E-state index in [0.717, 1.165) is 29.7 Å². The molecule has 3 aliphatic heterocycles. The number of methoxy groups -OCH3 is 1. The minimum atomic E-state index is -4.93. The number of alkyl halides is 3. The van der Waals surface area contributed by atoms with Gasteiger partial charge in [-0.2, -0.15) is 13.2 Å². The Bertz CT molecular complexity index is 2600. The zero-order valence-corrected chi connectivity index (χ0v) is 40.5. The van der Waals surface area contributed by atoms with Gasteiger partial charge in [0, 0.05) is 42.1 Å². The number of alkyl carbamates (subject to hydrolysis) is 1. The normalized spacial score (nSPS) is 28.0. The van der Waals surface area contributed by atoms with Crippen LogP contribution in [0.3, 0.4) is 0 Å². The zero-order chi connectivity index (χ0) is 49.7. The summed E-state index contributed by atoms with van der Waals surface area (Å²) in [5, 5.41) is 6.57. The van der Waals surface area contributed by atoms with E-state index in [2.05, 4.69) is 20.3 Å². The maximum atomic E-state index is 15.1. The molecule has 2 aliphatic carbocycles. The van der Waals surface area contributed by atoms with E-state index >= 15 is 4.79 Å². The molecule has 4 fully saturated rings. The summed E-state index contributed by atoms with van der Waals surface area (Å²) < 4.78 is 92.2. The van der Waals surface area contributed by atoms with Crippen molar-refractivity contribution in [2.24, 2.45) is 17.8 Å². The number of morpholine rings is 1. The minimum Gasteiger partial charge on any atom is -0.497 e. The summed E-state index contributed by atoms with van der Waals surface area (Å²) >= 11 is 0. The van der Waals surface area contributed by atoms with E-state index in [0.29, 0.717) is 76.0 Å². The molecule has 2 saturated heterocycles.